The zero-order valence-electron chi connectivity index (χ0n) is 42.5. The van der Waals surface area contributed by atoms with E-state index < -0.39 is 21.4 Å². The number of hydrogen-bond acceptors (Lipinski definition) is 6. The molecular weight excluding hydrogens is 957 g/mol. The van der Waals surface area contributed by atoms with Gasteiger partial charge in [0.15, 0.2) is 0 Å². The van der Waals surface area contributed by atoms with E-state index in [1.54, 1.807) is 0 Å². The van der Waals surface area contributed by atoms with Crippen LogP contribution in [0, 0.1) is 20.8 Å². The molecule has 0 aliphatic carbocycles. The Morgan fingerprint density at radius 2 is 0.359 bits per heavy atom. The van der Waals surface area contributed by atoms with E-state index >= 15 is 0 Å². The third-order valence-electron chi connectivity index (χ3n) is 17.4. The van der Waals surface area contributed by atoms with Gasteiger partial charge in [0.25, 0.3) is 0 Å². The molecule has 0 bridgehead atoms. The van der Waals surface area contributed by atoms with Crippen LogP contribution in [0.4, 0.5) is 0 Å². The van der Waals surface area contributed by atoms with Crippen LogP contribution in [0.2, 0.25) is 0 Å². The van der Waals surface area contributed by atoms with Gasteiger partial charge in [-0.3, -0.25) is 0 Å². The summed E-state index contributed by atoms with van der Waals surface area (Å²) in [7, 11) is -1.93. The minimum absolute atomic E-state index is 0.645. The molecule has 6 nitrogen and oxygen atoms in total. The Bertz CT molecular complexity index is 4560. The van der Waals surface area contributed by atoms with Crippen LogP contribution in [0.3, 0.4) is 0 Å². The van der Waals surface area contributed by atoms with E-state index in [2.05, 4.69) is 203 Å². The first kappa shape index (κ1) is 41.6. The van der Waals surface area contributed by atoms with Crippen molar-refractivity contribution in [3.8, 4) is 34.5 Å². The molecule has 0 saturated carbocycles. The van der Waals surface area contributed by atoms with Crippen molar-refractivity contribution in [1.29, 1.82) is 0 Å². The van der Waals surface area contributed by atoms with Crippen LogP contribution in [0.5, 0.6) is 34.5 Å². The lowest BCUT2D eigenvalue weighted by Gasteiger charge is -2.14. The van der Waals surface area contributed by atoms with E-state index in [0.717, 1.165) is 81.0 Å². The first-order chi connectivity index (χ1) is 38.2. The summed E-state index contributed by atoms with van der Waals surface area (Å²) in [5, 5.41) is 28.1. The first-order valence-corrected chi connectivity index (χ1v) is 26.9. The fourth-order valence-corrected chi connectivity index (χ4v) is 14.2. The van der Waals surface area contributed by atoms with Crippen molar-refractivity contribution in [2.24, 2.45) is 0 Å². The van der Waals surface area contributed by atoms with Crippen LogP contribution in [0.25, 0.3) is 129 Å². The lowest BCUT2D eigenvalue weighted by molar-refractivity contribution is 0.518. The largest absolute Gasteiger partial charge is 0.632 e. The summed E-state index contributed by atoms with van der Waals surface area (Å²) in [6, 6.07) is 66.5. The third-order valence-corrected chi connectivity index (χ3v) is 17.4. The Labute approximate surface area is 446 Å². The molecule has 19 rings (SSSR count). The van der Waals surface area contributed by atoms with Gasteiger partial charge in [0.1, 0.15) is 34.5 Å². The van der Waals surface area contributed by atoms with Gasteiger partial charge >= 0.3 is 21.4 Å². The SMILES string of the molecule is Cc1cc2ccc3cc(B4Oc5cc6c7cc8c(cc7c7cc9c(cc7c6cc5O4)OB(c4cc5ccc6cc(C)cc7ccc(c4)c5c67)O9)OB(c4cc5ccc6cc(C)cc7ccc(c4)c5c67)O8)cc4ccc(c1)c2c34. The summed E-state index contributed by atoms with van der Waals surface area (Å²) in [4.78, 5) is 0. The average Bonchev–Trinajstić information content (AvgIpc) is 4.29. The highest BCUT2D eigenvalue weighted by molar-refractivity contribution is 6.66. The number of fused-ring (bicyclic) bond motifs is 9. The predicted molar refractivity (Wildman–Crippen MR) is 324 cm³/mol. The second-order valence-electron chi connectivity index (χ2n) is 22.4. The summed E-state index contributed by atoms with van der Waals surface area (Å²) in [5.41, 5.74) is 6.65. The smallest absolute Gasteiger partial charge is 0.519 e. The average molecular weight is 997 g/mol. The molecule has 0 N–H and O–H groups in total. The highest BCUT2D eigenvalue weighted by atomic mass is 16.6. The van der Waals surface area contributed by atoms with Crippen molar-refractivity contribution >= 4 is 167 Å². The van der Waals surface area contributed by atoms with Gasteiger partial charge in [-0.2, -0.15) is 0 Å². The Hall–Kier alpha value is -9.59. The Balaban J connectivity index is 0.750. The standard InChI is InChI=1S/C69H39B3O6/c1-34-16-37-4-10-43-22-49(23-44-11-5-38(17-34)64(37)67(43)44)70-73-58-28-52-53(29-59(58)74-70)55-31-61-63(78-72(76-61)51-26-47-14-8-41-20-36(3)21-42-9-15-48(27-51)69(47)66(41)42)33-57(55)56-32-62-60(30-54(52)56)75-71(77-62)50-24-45-12-6-39-18-35(2)19-40-7-13-46(25-50)68(45)65(39)40/h4-33H,1-3H3. The Morgan fingerprint density at radius 1 is 0.205 bits per heavy atom. The van der Waals surface area contributed by atoms with Gasteiger partial charge in [0.05, 0.1) is 0 Å². The third kappa shape index (κ3) is 5.64. The summed E-state index contributed by atoms with van der Waals surface area (Å²) >= 11 is 0. The summed E-state index contributed by atoms with van der Waals surface area (Å²) in [6.45, 7) is 6.48. The molecule has 360 valence electrons. The molecule has 0 atom stereocenters. The van der Waals surface area contributed by atoms with Gasteiger partial charge in [0.2, 0.25) is 0 Å². The minimum atomic E-state index is -0.645. The zero-order valence-corrected chi connectivity index (χ0v) is 42.5. The van der Waals surface area contributed by atoms with E-state index in [1.807, 2.05) is 0 Å². The summed E-state index contributed by atoms with van der Waals surface area (Å²) in [5.74, 6) is 4.07. The molecular formula is C69H39B3O6. The molecule has 0 spiro atoms. The predicted octanol–water partition coefficient (Wildman–Crippen LogP) is 15.3. The quantitative estimate of drug-likeness (QED) is 0.130. The van der Waals surface area contributed by atoms with Crippen molar-refractivity contribution in [2.75, 3.05) is 0 Å². The lowest BCUT2D eigenvalue weighted by Crippen LogP contribution is -2.39. The van der Waals surface area contributed by atoms with Gasteiger partial charge < -0.3 is 27.9 Å². The molecule has 0 aromatic heterocycles. The molecule has 0 fully saturated rings. The van der Waals surface area contributed by atoms with Crippen molar-refractivity contribution in [1.82, 2.24) is 0 Å². The molecule has 3 aliphatic rings. The maximum Gasteiger partial charge on any atom is 0.632 e. The lowest BCUT2D eigenvalue weighted by atomic mass is 9.77. The monoisotopic (exact) mass is 996 g/mol. The van der Waals surface area contributed by atoms with Gasteiger partial charge in [-0.25, -0.2) is 0 Å². The Kier molecular flexibility index (Phi) is 7.72. The highest BCUT2D eigenvalue weighted by Crippen LogP contribution is 2.50. The van der Waals surface area contributed by atoms with Gasteiger partial charge in [-0.15, -0.1) is 0 Å². The highest BCUT2D eigenvalue weighted by Gasteiger charge is 2.39. The fourth-order valence-electron chi connectivity index (χ4n) is 14.2. The fraction of sp³-hybridized carbons (Fsp3) is 0.0435. The summed E-state index contributed by atoms with van der Waals surface area (Å²) < 4.78 is 41.1. The zero-order chi connectivity index (χ0) is 51.0. The molecule has 78 heavy (non-hydrogen) atoms. The van der Waals surface area contributed by atoms with Crippen molar-refractivity contribution in [2.45, 2.75) is 20.8 Å². The van der Waals surface area contributed by atoms with Crippen molar-refractivity contribution < 1.29 is 27.9 Å². The first-order valence-electron chi connectivity index (χ1n) is 26.9. The van der Waals surface area contributed by atoms with Crippen molar-refractivity contribution in [3.63, 3.8) is 0 Å². The van der Waals surface area contributed by atoms with Crippen LogP contribution in [-0.4, -0.2) is 21.4 Å². The maximum absolute atomic E-state index is 6.85. The van der Waals surface area contributed by atoms with E-state index in [4.69, 9.17) is 27.9 Å². The number of rotatable bonds is 3. The van der Waals surface area contributed by atoms with Crippen LogP contribution in [-0.2, 0) is 0 Å². The number of hydrogen-bond donors (Lipinski definition) is 0. The van der Waals surface area contributed by atoms with E-state index in [9.17, 15) is 0 Å². The number of benzene rings is 16. The molecule has 16 aromatic carbocycles. The van der Waals surface area contributed by atoms with Crippen LogP contribution in [0.1, 0.15) is 16.7 Å². The van der Waals surface area contributed by atoms with Crippen LogP contribution < -0.4 is 44.3 Å². The van der Waals surface area contributed by atoms with Gasteiger partial charge in [-0.1, -0.05) is 146 Å². The molecule has 0 unspecified atom stereocenters. The topological polar surface area (TPSA) is 55.4 Å². The molecule has 3 aliphatic heterocycles. The maximum atomic E-state index is 6.85. The van der Waals surface area contributed by atoms with E-state index in [-0.39, 0.29) is 0 Å². The van der Waals surface area contributed by atoms with E-state index in [0.29, 0.717) is 34.5 Å². The molecule has 16 aromatic rings. The molecule has 0 saturated heterocycles. The van der Waals surface area contributed by atoms with Crippen molar-refractivity contribution in [3.05, 3.63) is 199 Å². The van der Waals surface area contributed by atoms with Crippen LogP contribution in [0.15, 0.2) is 182 Å². The minimum Gasteiger partial charge on any atom is -0.519 e. The normalized spacial score (nSPS) is 14.1. The Morgan fingerprint density at radius 3 is 0.526 bits per heavy atom. The molecule has 3 heterocycles. The molecule has 0 amide bonds. The second kappa shape index (κ2) is 14.5. The second-order valence-corrected chi connectivity index (χ2v) is 22.4. The molecule has 9 heteroatoms. The number of aryl methyl sites for hydroxylation is 3. The molecule has 0 radical (unpaired) electrons. The van der Waals surface area contributed by atoms with E-state index in [1.165, 1.54) is 81.3 Å². The summed E-state index contributed by atoms with van der Waals surface area (Å²) in [6.07, 6.45) is 0. The van der Waals surface area contributed by atoms with Crippen LogP contribution >= 0.6 is 0 Å². The van der Waals surface area contributed by atoms with Gasteiger partial charge in [-0.05, 0) is 203 Å². The van der Waals surface area contributed by atoms with Gasteiger partial charge in [0, 0.05) is 16.4 Å².